The number of hydrogen-bond acceptors (Lipinski definition) is 3. The summed E-state index contributed by atoms with van der Waals surface area (Å²) in [7, 11) is 0. The lowest BCUT2D eigenvalue weighted by molar-refractivity contribution is -0.121. The predicted octanol–water partition coefficient (Wildman–Crippen LogP) is 1.45. The van der Waals surface area contributed by atoms with Crippen molar-refractivity contribution in [1.29, 1.82) is 0 Å². The first kappa shape index (κ1) is 14.4. The number of carbonyl (C=O) groups is 1. The van der Waals surface area contributed by atoms with Gasteiger partial charge < -0.3 is 5.32 Å². The Morgan fingerprint density at radius 2 is 2.20 bits per heavy atom. The van der Waals surface area contributed by atoms with Gasteiger partial charge in [0.05, 0.1) is 28.8 Å². The Morgan fingerprint density at radius 3 is 2.90 bits per heavy atom. The molecule has 0 atom stereocenters. The van der Waals surface area contributed by atoms with E-state index < -0.39 is 5.56 Å². The van der Waals surface area contributed by atoms with Crippen molar-refractivity contribution in [3.63, 3.8) is 0 Å². The van der Waals surface area contributed by atoms with Crippen LogP contribution in [0.2, 0.25) is 10.0 Å². The topological polar surface area (TPSA) is 64.0 Å². The van der Waals surface area contributed by atoms with Crippen LogP contribution in [-0.4, -0.2) is 22.0 Å². The number of benzene rings is 1. The maximum absolute atomic E-state index is 12.2. The molecule has 1 amide bonds. The number of halogens is 2. The molecule has 1 N–H and O–H groups in total. The normalized spacial score (nSPS) is 10.2. The Morgan fingerprint density at radius 1 is 1.45 bits per heavy atom. The summed E-state index contributed by atoms with van der Waals surface area (Å²) in [4.78, 5) is 27.8. The minimum atomic E-state index is -0.393. The average Bonchev–Trinajstić information content (AvgIpc) is 2.40. The third-order valence-corrected chi connectivity index (χ3v) is 3.05. The van der Waals surface area contributed by atoms with Crippen molar-refractivity contribution >= 4 is 40.0 Å². The largest absolute Gasteiger partial charge is 0.344 e. The van der Waals surface area contributed by atoms with Crippen molar-refractivity contribution in [3.05, 3.63) is 38.9 Å². The first-order valence-corrected chi connectivity index (χ1v) is 6.33. The van der Waals surface area contributed by atoms with Crippen LogP contribution >= 0.6 is 23.2 Å². The Bertz CT molecular complexity index is 778. The summed E-state index contributed by atoms with van der Waals surface area (Å²) < 4.78 is 1.17. The van der Waals surface area contributed by atoms with Gasteiger partial charge in [-0.25, -0.2) is 4.98 Å². The molecule has 2 aromatic rings. The monoisotopic (exact) mass is 309 g/mol. The number of nitrogens with one attached hydrogen (secondary N) is 1. The number of nitrogens with zero attached hydrogens (tertiary/aromatic N) is 2. The molecule has 0 saturated carbocycles. The van der Waals surface area contributed by atoms with Crippen LogP contribution in [-0.2, 0) is 11.3 Å². The highest BCUT2D eigenvalue weighted by Crippen LogP contribution is 2.23. The van der Waals surface area contributed by atoms with Crippen molar-refractivity contribution in [3.8, 4) is 12.3 Å². The minimum absolute atomic E-state index is 0.103. The Labute approximate surface area is 124 Å². The molecule has 0 aliphatic heterocycles. The molecular weight excluding hydrogens is 301 g/mol. The van der Waals surface area contributed by atoms with Crippen molar-refractivity contribution in [2.24, 2.45) is 0 Å². The number of fused-ring (bicyclic) bond motifs is 1. The van der Waals surface area contributed by atoms with Crippen LogP contribution in [0.25, 0.3) is 10.9 Å². The summed E-state index contributed by atoms with van der Waals surface area (Å²) in [5.41, 5.74) is -0.0448. The molecule has 1 aromatic carbocycles. The van der Waals surface area contributed by atoms with Gasteiger partial charge in [0.25, 0.3) is 5.56 Å². The Kier molecular flexibility index (Phi) is 4.28. The molecule has 102 valence electrons. The Balaban J connectivity index is 2.42. The summed E-state index contributed by atoms with van der Waals surface area (Å²) >= 11 is 11.8. The van der Waals surface area contributed by atoms with E-state index in [1.807, 2.05) is 0 Å². The standard InChI is InChI=1S/C13H9Cl2N3O2/c1-2-3-16-11(19)6-18-7-17-12-9(13(18)20)4-8(14)5-10(12)15/h1,4-5,7H,3,6H2,(H,16,19). The van der Waals surface area contributed by atoms with Crippen molar-refractivity contribution in [2.45, 2.75) is 6.54 Å². The molecule has 7 heteroatoms. The molecular formula is C13H9Cl2N3O2. The van der Waals surface area contributed by atoms with Gasteiger partial charge in [0, 0.05) is 5.02 Å². The SMILES string of the molecule is C#CCNC(=O)Cn1cnc2c(Cl)cc(Cl)cc2c1=O. The van der Waals surface area contributed by atoms with Crippen LogP contribution in [0.5, 0.6) is 0 Å². The Hall–Kier alpha value is -2.03. The van der Waals surface area contributed by atoms with Crippen LogP contribution in [0.1, 0.15) is 0 Å². The minimum Gasteiger partial charge on any atom is -0.344 e. The molecule has 0 radical (unpaired) electrons. The third kappa shape index (κ3) is 2.93. The second-order valence-electron chi connectivity index (χ2n) is 3.94. The van der Waals surface area contributed by atoms with Gasteiger partial charge in [-0.2, -0.15) is 0 Å². The van der Waals surface area contributed by atoms with Gasteiger partial charge >= 0.3 is 0 Å². The number of amides is 1. The molecule has 1 aromatic heterocycles. The van der Waals surface area contributed by atoms with E-state index in [1.165, 1.54) is 23.0 Å². The number of carbonyl (C=O) groups excluding carboxylic acids is 1. The highest BCUT2D eigenvalue weighted by molar-refractivity contribution is 6.38. The lowest BCUT2D eigenvalue weighted by Crippen LogP contribution is -2.32. The van der Waals surface area contributed by atoms with Gasteiger partial charge in [-0.3, -0.25) is 14.2 Å². The van der Waals surface area contributed by atoms with E-state index in [-0.39, 0.29) is 29.4 Å². The van der Waals surface area contributed by atoms with Crippen LogP contribution in [0.3, 0.4) is 0 Å². The highest BCUT2D eigenvalue weighted by atomic mass is 35.5. The summed E-state index contributed by atoms with van der Waals surface area (Å²) in [6.07, 6.45) is 6.30. The third-order valence-electron chi connectivity index (χ3n) is 2.55. The van der Waals surface area contributed by atoms with Gasteiger partial charge in [-0.05, 0) is 12.1 Å². The molecule has 0 spiro atoms. The number of hydrogen-bond donors (Lipinski definition) is 1. The zero-order valence-corrected chi connectivity index (χ0v) is 11.7. The molecule has 0 fully saturated rings. The first-order chi connectivity index (χ1) is 9.52. The smallest absolute Gasteiger partial charge is 0.261 e. The molecule has 5 nitrogen and oxygen atoms in total. The molecule has 0 saturated heterocycles. The first-order valence-electron chi connectivity index (χ1n) is 5.57. The fourth-order valence-electron chi connectivity index (χ4n) is 1.67. The second-order valence-corrected chi connectivity index (χ2v) is 4.79. The van der Waals surface area contributed by atoms with E-state index in [0.717, 1.165) is 0 Å². The summed E-state index contributed by atoms with van der Waals surface area (Å²) in [6.45, 7) is -0.0696. The molecule has 1 heterocycles. The molecule has 0 aliphatic carbocycles. The van der Waals surface area contributed by atoms with E-state index in [4.69, 9.17) is 29.6 Å². The van der Waals surface area contributed by atoms with E-state index in [0.29, 0.717) is 10.5 Å². The zero-order valence-electron chi connectivity index (χ0n) is 10.2. The van der Waals surface area contributed by atoms with Crippen LogP contribution < -0.4 is 10.9 Å². The van der Waals surface area contributed by atoms with Gasteiger partial charge in [0.2, 0.25) is 5.91 Å². The predicted molar refractivity (Wildman–Crippen MR) is 77.9 cm³/mol. The van der Waals surface area contributed by atoms with Crippen LogP contribution in [0, 0.1) is 12.3 Å². The van der Waals surface area contributed by atoms with Gasteiger partial charge in [-0.1, -0.05) is 29.1 Å². The van der Waals surface area contributed by atoms with Gasteiger partial charge in [0.15, 0.2) is 0 Å². The van der Waals surface area contributed by atoms with Gasteiger partial charge in [-0.15, -0.1) is 6.42 Å². The maximum Gasteiger partial charge on any atom is 0.261 e. The van der Waals surface area contributed by atoms with E-state index in [2.05, 4.69) is 16.2 Å². The summed E-state index contributed by atoms with van der Waals surface area (Å²) in [5, 5.41) is 3.34. The van der Waals surface area contributed by atoms with Gasteiger partial charge in [0.1, 0.15) is 6.54 Å². The summed E-state index contributed by atoms with van der Waals surface area (Å²) in [5.74, 6) is 1.90. The van der Waals surface area contributed by atoms with Crippen molar-refractivity contribution < 1.29 is 4.79 Å². The average molecular weight is 310 g/mol. The molecule has 0 aliphatic rings. The number of aromatic nitrogens is 2. The van der Waals surface area contributed by atoms with Crippen molar-refractivity contribution in [2.75, 3.05) is 6.54 Å². The number of rotatable bonds is 3. The fraction of sp³-hybridized carbons (Fsp3) is 0.154. The molecule has 20 heavy (non-hydrogen) atoms. The van der Waals surface area contributed by atoms with E-state index in [9.17, 15) is 9.59 Å². The molecule has 2 rings (SSSR count). The maximum atomic E-state index is 12.2. The fourth-order valence-corrected chi connectivity index (χ4v) is 2.21. The summed E-state index contributed by atoms with van der Waals surface area (Å²) in [6, 6.07) is 2.97. The van der Waals surface area contributed by atoms with Crippen molar-refractivity contribution in [1.82, 2.24) is 14.9 Å². The lowest BCUT2D eigenvalue weighted by Gasteiger charge is -2.07. The zero-order chi connectivity index (χ0) is 14.7. The van der Waals surface area contributed by atoms with Crippen LogP contribution in [0.4, 0.5) is 0 Å². The second kappa shape index (κ2) is 5.95. The molecule has 0 bridgehead atoms. The van der Waals surface area contributed by atoms with E-state index >= 15 is 0 Å². The molecule has 0 unspecified atom stereocenters. The highest BCUT2D eigenvalue weighted by Gasteiger charge is 2.10. The number of terminal acetylenes is 1. The lowest BCUT2D eigenvalue weighted by atomic mass is 10.2. The quantitative estimate of drug-likeness (QED) is 0.873. The van der Waals surface area contributed by atoms with Crippen LogP contribution in [0.15, 0.2) is 23.3 Å². The van der Waals surface area contributed by atoms with E-state index in [1.54, 1.807) is 0 Å².